The van der Waals surface area contributed by atoms with Gasteiger partial charge in [0.25, 0.3) is 5.24 Å². The Balaban J connectivity index is 3.40. The van der Waals surface area contributed by atoms with Crippen LogP contribution >= 0.6 is 11.6 Å². The van der Waals surface area contributed by atoms with Gasteiger partial charge in [0, 0.05) is 6.20 Å². The minimum Gasteiger partial charge on any atom is -0.274 e. The number of carbonyl (C=O) groups is 1. The molecule has 0 bridgehead atoms. The molecular formula is C8H5ClN2O. The maximum absolute atomic E-state index is 10.7. The number of rotatable bonds is 1. The van der Waals surface area contributed by atoms with Crippen molar-refractivity contribution in [1.29, 1.82) is 5.26 Å². The highest BCUT2D eigenvalue weighted by Gasteiger charge is 2.11. The lowest BCUT2D eigenvalue weighted by Gasteiger charge is -1.98. The van der Waals surface area contributed by atoms with Gasteiger partial charge in [0.15, 0.2) is 0 Å². The Bertz CT molecular complexity index is 368. The summed E-state index contributed by atoms with van der Waals surface area (Å²) in [5, 5.41) is 7.95. The molecule has 0 saturated heterocycles. The molecule has 4 heteroatoms. The molecule has 0 aliphatic heterocycles. The highest BCUT2D eigenvalue weighted by molar-refractivity contribution is 6.67. The van der Waals surface area contributed by atoms with Gasteiger partial charge in [-0.05, 0) is 30.2 Å². The number of aromatic nitrogens is 1. The number of pyridine rings is 1. The number of hydrogen-bond donors (Lipinski definition) is 0. The summed E-state index contributed by atoms with van der Waals surface area (Å²) >= 11 is 5.21. The summed E-state index contributed by atoms with van der Waals surface area (Å²) in [5.41, 5.74) is 0.980. The first-order valence-corrected chi connectivity index (χ1v) is 3.60. The fourth-order valence-corrected chi connectivity index (χ4v) is 0.992. The zero-order valence-electron chi connectivity index (χ0n) is 6.34. The van der Waals surface area contributed by atoms with Crippen molar-refractivity contribution < 1.29 is 4.79 Å². The van der Waals surface area contributed by atoms with Crippen LogP contribution in [-0.2, 0) is 0 Å². The van der Waals surface area contributed by atoms with Gasteiger partial charge < -0.3 is 0 Å². The number of carbonyl (C=O) groups excluding carboxylic acids is 1. The number of hydrogen-bond acceptors (Lipinski definition) is 3. The molecule has 0 amide bonds. The lowest BCUT2D eigenvalue weighted by atomic mass is 10.1. The molecule has 0 spiro atoms. The zero-order valence-corrected chi connectivity index (χ0v) is 7.09. The summed E-state index contributed by atoms with van der Waals surface area (Å²) in [4.78, 5) is 14.4. The SMILES string of the molecule is Cc1ccnc(C(=O)Cl)c1C#N. The highest BCUT2D eigenvalue weighted by Crippen LogP contribution is 2.11. The number of nitrogens with zero attached hydrogens (tertiary/aromatic N) is 2. The first-order valence-electron chi connectivity index (χ1n) is 3.22. The largest absolute Gasteiger partial charge is 0.274 e. The predicted octanol–water partition coefficient (Wildman–Crippen LogP) is 1.64. The lowest BCUT2D eigenvalue weighted by molar-refractivity contribution is 0.107. The van der Waals surface area contributed by atoms with Gasteiger partial charge in [-0.15, -0.1) is 0 Å². The van der Waals surface area contributed by atoms with E-state index in [9.17, 15) is 4.79 Å². The minimum absolute atomic E-state index is 0.0270. The van der Waals surface area contributed by atoms with Crippen LogP contribution in [-0.4, -0.2) is 10.2 Å². The maximum atomic E-state index is 10.7. The Morgan fingerprint density at radius 3 is 2.83 bits per heavy atom. The normalized spacial score (nSPS) is 9.08. The lowest BCUT2D eigenvalue weighted by Crippen LogP contribution is -1.99. The Labute approximate surface area is 74.6 Å². The Hall–Kier alpha value is -1.40. The summed E-state index contributed by atoms with van der Waals surface area (Å²) in [6, 6.07) is 3.53. The van der Waals surface area contributed by atoms with Crippen molar-refractivity contribution >= 4 is 16.8 Å². The Morgan fingerprint density at radius 1 is 1.75 bits per heavy atom. The van der Waals surface area contributed by atoms with E-state index in [1.807, 2.05) is 6.07 Å². The second-order valence-corrected chi connectivity index (χ2v) is 2.58. The number of nitriles is 1. The standard InChI is InChI=1S/C8H5ClN2O/c1-5-2-3-11-7(8(9)12)6(5)4-10/h2-3H,1H3. The van der Waals surface area contributed by atoms with Crippen LogP contribution in [0.2, 0.25) is 0 Å². The maximum Gasteiger partial charge on any atom is 0.272 e. The van der Waals surface area contributed by atoms with Gasteiger partial charge >= 0.3 is 0 Å². The van der Waals surface area contributed by atoms with Gasteiger partial charge in [-0.2, -0.15) is 5.26 Å². The third-order valence-electron chi connectivity index (χ3n) is 1.46. The van der Waals surface area contributed by atoms with E-state index in [1.165, 1.54) is 6.20 Å². The van der Waals surface area contributed by atoms with E-state index in [4.69, 9.17) is 16.9 Å². The molecule has 0 aromatic carbocycles. The van der Waals surface area contributed by atoms with Gasteiger partial charge in [-0.25, -0.2) is 0 Å². The first-order chi connectivity index (χ1) is 5.66. The quantitative estimate of drug-likeness (QED) is 0.618. The van der Waals surface area contributed by atoms with Gasteiger partial charge in [0.1, 0.15) is 11.8 Å². The molecule has 0 aliphatic rings. The fraction of sp³-hybridized carbons (Fsp3) is 0.125. The molecule has 60 valence electrons. The van der Waals surface area contributed by atoms with Crippen molar-refractivity contribution in [3.05, 3.63) is 29.1 Å². The average Bonchev–Trinajstić information content (AvgIpc) is 2.03. The zero-order chi connectivity index (χ0) is 9.14. The van der Waals surface area contributed by atoms with Crippen molar-refractivity contribution in [2.45, 2.75) is 6.92 Å². The third-order valence-corrected chi connectivity index (χ3v) is 1.64. The van der Waals surface area contributed by atoms with Crippen LogP contribution < -0.4 is 0 Å². The van der Waals surface area contributed by atoms with Crippen LogP contribution in [0.3, 0.4) is 0 Å². The average molecular weight is 181 g/mol. The topological polar surface area (TPSA) is 53.8 Å². The van der Waals surface area contributed by atoms with Gasteiger partial charge in [-0.3, -0.25) is 9.78 Å². The molecule has 1 aromatic heterocycles. The molecule has 0 aliphatic carbocycles. The van der Waals surface area contributed by atoms with Crippen LogP contribution in [0.25, 0.3) is 0 Å². The van der Waals surface area contributed by atoms with Crippen LogP contribution in [0.4, 0.5) is 0 Å². The van der Waals surface area contributed by atoms with Crippen molar-refractivity contribution in [1.82, 2.24) is 4.98 Å². The van der Waals surface area contributed by atoms with Crippen molar-refractivity contribution in [2.24, 2.45) is 0 Å². The van der Waals surface area contributed by atoms with Gasteiger partial charge in [0.2, 0.25) is 0 Å². The number of halogens is 1. The summed E-state index contributed by atoms with van der Waals surface area (Å²) in [6.07, 6.45) is 1.45. The van der Waals surface area contributed by atoms with Crippen LogP contribution in [0.1, 0.15) is 21.6 Å². The molecule has 1 rings (SSSR count). The summed E-state index contributed by atoms with van der Waals surface area (Å²) < 4.78 is 0. The fourth-order valence-electron chi connectivity index (χ4n) is 0.848. The molecule has 0 N–H and O–H groups in total. The summed E-state index contributed by atoms with van der Waals surface area (Å²) in [6.45, 7) is 1.73. The molecule has 12 heavy (non-hydrogen) atoms. The molecular weight excluding hydrogens is 176 g/mol. The van der Waals surface area contributed by atoms with E-state index in [0.717, 1.165) is 0 Å². The second kappa shape index (κ2) is 3.33. The van der Waals surface area contributed by atoms with E-state index < -0.39 is 5.24 Å². The third kappa shape index (κ3) is 1.44. The van der Waals surface area contributed by atoms with Gasteiger partial charge in [-0.1, -0.05) is 0 Å². The molecule has 0 atom stereocenters. The van der Waals surface area contributed by atoms with Crippen molar-refractivity contribution in [3.63, 3.8) is 0 Å². The smallest absolute Gasteiger partial charge is 0.272 e. The first kappa shape index (κ1) is 8.69. The highest BCUT2D eigenvalue weighted by atomic mass is 35.5. The van der Waals surface area contributed by atoms with Crippen LogP contribution in [0.15, 0.2) is 12.3 Å². The Kier molecular flexibility index (Phi) is 2.41. The van der Waals surface area contributed by atoms with E-state index in [1.54, 1.807) is 13.0 Å². The molecule has 0 saturated carbocycles. The van der Waals surface area contributed by atoms with E-state index >= 15 is 0 Å². The molecule has 1 heterocycles. The summed E-state index contributed by atoms with van der Waals surface area (Å²) in [7, 11) is 0. The summed E-state index contributed by atoms with van der Waals surface area (Å²) in [5.74, 6) is 0. The predicted molar refractivity (Wildman–Crippen MR) is 43.9 cm³/mol. The molecule has 0 fully saturated rings. The van der Waals surface area contributed by atoms with Crippen LogP contribution in [0.5, 0.6) is 0 Å². The van der Waals surface area contributed by atoms with E-state index in [0.29, 0.717) is 5.56 Å². The van der Waals surface area contributed by atoms with E-state index in [2.05, 4.69) is 4.98 Å². The Morgan fingerprint density at radius 2 is 2.42 bits per heavy atom. The number of aryl methyl sites for hydroxylation is 1. The molecule has 3 nitrogen and oxygen atoms in total. The molecule has 0 radical (unpaired) electrons. The van der Waals surface area contributed by atoms with E-state index in [-0.39, 0.29) is 11.3 Å². The van der Waals surface area contributed by atoms with Crippen LogP contribution in [0, 0.1) is 18.3 Å². The minimum atomic E-state index is -0.699. The van der Waals surface area contributed by atoms with Gasteiger partial charge in [0.05, 0.1) is 5.56 Å². The van der Waals surface area contributed by atoms with Crippen molar-refractivity contribution in [2.75, 3.05) is 0 Å². The van der Waals surface area contributed by atoms with Crippen molar-refractivity contribution in [3.8, 4) is 6.07 Å². The second-order valence-electron chi connectivity index (χ2n) is 2.24. The molecule has 0 unspecified atom stereocenters. The monoisotopic (exact) mass is 180 g/mol. The molecule has 1 aromatic rings.